The summed E-state index contributed by atoms with van der Waals surface area (Å²) >= 11 is 0. The summed E-state index contributed by atoms with van der Waals surface area (Å²) in [5.74, 6) is 1.01. The molecule has 2 N–H and O–H groups in total. The summed E-state index contributed by atoms with van der Waals surface area (Å²) in [4.78, 5) is 14.5. The number of carbonyl (C=O) groups excluding carboxylic acids is 1. The number of halogens is 1. The van der Waals surface area contributed by atoms with Crippen LogP contribution in [0.15, 0.2) is 48.5 Å². The molecule has 1 saturated heterocycles. The minimum atomic E-state index is 0. The van der Waals surface area contributed by atoms with Gasteiger partial charge in [-0.25, -0.2) is 0 Å². The number of hydrogen-bond donors (Lipinski definition) is 1. The van der Waals surface area contributed by atoms with Gasteiger partial charge < -0.3 is 10.6 Å². The Labute approximate surface area is 169 Å². The standard InChI is InChI=1S/C23H30N2O.ClH/c1-18-6-8-19(9-7-18)10-11-20-14-16-25(17-15-20)23(26)13-12-21-4-2-3-5-22(21)24;/h2-9,20H,10-17,24H2,1H3;1H. The van der Waals surface area contributed by atoms with Crippen LogP contribution in [0.25, 0.3) is 0 Å². The quantitative estimate of drug-likeness (QED) is 0.724. The molecular weight excluding hydrogens is 356 g/mol. The molecule has 1 fully saturated rings. The summed E-state index contributed by atoms with van der Waals surface area (Å²) in [6.45, 7) is 3.94. The van der Waals surface area contributed by atoms with Crippen LogP contribution in [0.4, 0.5) is 5.69 Å². The zero-order valence-electron chi connectivity index (χ0n) is 16.2. The Bertz CT molecular complexity index is 721. The minimum absolute atomic E-state index is 0. The molecule has 1 aliphatic rings. The maximum absolute atomic E-state index is 12.5. The molecule has 0 aliphatic carbocycles. The van der Waals surface area contributed by atoms with E-state index in [1.807, 2.05) is 29.2 Å². The van der Waals surface area contributed by atoms with Gasteiger partial charge in [0, 0.05) is 25.2 Å². The fourth-order valence-corrected chi connectivity index (χ4v) is 3.76. The number of piperidine rings is 1. The van der Waals surface area contributed by atoms with Crippen LogP contribution in [0.3, 0.4) is 0 Å². The number of hydrogen-bond acceptors (Lipinski definition) is 2. The van der Waals surface area contributed by atoms with Gasteiger partial charge >= 0.3 is 0 Å². The summed E-state index contributed by atoms with van der Waals surface area (Å²) in [5, 5.41) is 0. The van der Waals surface area contributed by atoms with E-state index in [0.29, 0.717) is 6.42 Å². The normalized spacial score (nSPS) is 14.6. The van der Waals surface area contributed by atoms with Crippen LogP contribution in [-0.2, 0) is 17.6 Å². The summed E-state index contributed by atoms with van der Waals surface area (Å²) in [5.41, 5.74) is 10.6. The van der Waals surface area contributed by atoms with Crippen molar-refractivity contribution >= 4 is 24.0 Å². The van der Waals surface area contributed by atoms with Gasteiger partial charge in [0.1, 0.15) is 0 Å². The van der Waals surface area contributed by atoms with E-state index >= 15 is 0 Å². The molecule has 2 aromatic rings. The zero-order valence-corrected chi connectivity index (χ0v) is 17.0. The first-order chi connectivity index (χ1) is 12.6. The van der Waals surface area contributed by atoms with E-state index in [9.17, 15) is 4.79 Å². The monoisotopic (exact) mass is 386 g/mol. The number of benzene rings is 2. The van der Waals surface area contributed by atoms with E-state index in [1.54, 1.807) is 0 Å². The summed E-state index contributed by atoms with van der Waals surface area (Å²) in [6.07, 6.45) is 5.93. The predicted octanol–water partition coefficient (Wildman–Crippen LogP) is 4.80. The van der Waals surface area contributed by atoms with Gasteiger partial charge in [-0.3, -0.25) is 4.79 Å². The average Bonchev–Trinajstić information content (AvgIpc) is 2.67. The predicted molar refractivity (Wildman–Crippen MR) is 115 cm³/mol. The highest BCUT2D eigenvalue weighted by Gasteiger charge is 2.22. The Hall–Kier alpha value is -2.00. The van der Waals surface area contributed by atoms with E-state index in [4.69, 9.17) is 5.73 Å². The third-order valence-electron chi connectivity index (χ3n) is 5.59. The van der Waals surface area contributed by atoms with Crippen LogP contribution in [0, 0.1) is 12.8 Å². The highest BCUT2D eigenvalue weighted by Crippen LogP contribution is 2.23. The second-order valence-corrected chi connectivity index (χ2v) is 7.55. The van der Waals surface area contributed by atoms with Gasteiger partial charge in [0.2, 0.25) is 5.91 Å². The number of para-hydroxylation sites is 1. The number of aryl methyl sites for hydroxylation is 3. The van der Waals surface area contributed by atoms with Crippen molar-refractivity contribution in [3.8, 4) is 0 Å². The van der Waals surface area contributed by atoms with Gasteiger partial charge in [-0.2, -0.15) is 0 Å². The molecule has 4 heteroatoms. The van der Waals surface area contributed by atoms with E-state index < -0.39 is 0 Å². The summed E-state index contributed by atoms with van der Waals surface area (Å²) < 4.78 is 0. The Morgan fingerprint density at radius 2 is 1.70 bits per heavy atom. The molecule has 1 heterocycles. The van der Waals surface area contributed by atoms with Crippen molar-refractivity contribution in [2.24, 2.45) is 5.92 Å². The van der Waals surface area contributed by atoms with Crippen LogP contribution in [-0.4, -0.2) is 23.9 Å². The highest BCUT2D eigenvalue weighted by molar-refractivity contribution is 5.85. The van der Waals surface area contributed by atoms with E-state index in [2.05, 4.69) is 31.2 Å². The van der Waals surface area contributed by atoms with Crippen molar-refractivity contribution in [1.82, 2.24) is 4.90 Å². The molecular formula is C23H31ClN2O. The fourth-order valence-electron chi connectivity index (χ4n) is 3.76. The van der Waals surface area contributed by atoms with Gasteiger partial charge in [-0.05, 0) is 62.1 Å². The van der Waals surface area contributed by atoms with Crippen LogP contribution in [0.5, 0.6) is 0 Å². The molecule has 146 valence electrons. The van der Waals surface area contributed by atoms with Gasteiger partial charge in [0.15, 0.2) is 0 Å². The molecule has 1 aliphatic heterocycles. The van der Waals surface area contributed by atoms with E-state index in [1.165, 1.54) is 17.5 Å². The fraction of sp³-hybridized carbons (Fsp3) is 0.435. The lowest BCUT2D eigenvalue weighted by atomic mass is 9.90. The molecule has 2 aromatic carbocycles. The number of nitrogens with two attached hydrogens (primary N) is 1. The molecule has 0 aromatic heterocycles. The first-order valence-electron chi connectivity index (χ1n) is 9.78. The molecule has 1 amide bonds. The van der Waals surface area contributed by atoms with Gasteiger partial charge in [0.05, 0.1) is 0 Å². The average molecular weight is 387 g/mol. The van der Waals surface area contributed by atoms with E-state index in [0.717, 1.165) is 55.9 Å². The van der Waals surface area contributed by atoms with Crippen LogP contribution >= 0.6 is 12.4 Å². The lowest BCUT2D eigenvalue weighted by molar-refractivity contribution is -0.132. The Morgan fingerprint density at radius 3 is 2.37 bits per heavy atom. The van der Waals surface area contributed by atoms with Crippen molar-refractivity contribution < 1.29 is 4.79 Å². The maximum Gasteiger partial charge on any atom is 0.222 e. The van der Waals surface area contributed by atoms with Crippen molar-refractivity contribution in [2.45, 2.75) is 45.4 Å². The van der Waals surface area contributed by atoms with Crippen LogP contribution in [0.2, 0.25) is 0 Å². The number of anilines is 1. The number of carbonyl (C=O) groups is 1. The van der Waals surface area contributed by atoms with Crippen molar-refractivity contribution in [3.05, 3.63) is 65.2 Å². The Balaban J connectivity index is 0.00000261. The zero-order chi connectivity index (χ0) is 18.4. The third kappa shape index (κ3) is 6.28. The van der Waals surface area contributed by atoms with Crippen molar-refractivity contribution in [2.75, 3.05) is 18.8 Å². The molecule has 3 rings (SSSR count). The SMILES string of the molecule is Cc1ccc(CCC2CCN(C(=O)CCc3ccccc3N)CC2)cc1.Cl. The van der Waals surface area contributed by atoms with Gasteiger partial charge in [-0.1, -0.05) is 48.0 Å². The molecule has 0 saturated carbocycles. The number of rotatable bonds is 6. The van der Waals surface area contributed by atoms with Gasteiger partial charge in [-0.15, -0.1) is 12.4 Å². The van der Waals surface area contributed by atoms with Crippen molar-refractivity contribution in [3.63, 3.8) is 0 Å². The van der Waals surface area contributed by atoms with Gasteiger partial charge in [0.25, 0.3) is 0 Å². The second-order valence-electron chi connectivity index (χ2n) is 7.55. The molecule has 0 unspecified atom stereocenters. The summed E-state index contributed by atoms with van der Waals surface area (Å²) in [7, 11) is 0. The molecule has 0 radical (unpaired) electrons. The molecule has 0 bridgehead atoms. The van der Waals surface area contributed by atoms with Crippen molar-refractivity contribution in [1.29, 1.82) is 0 Å². The van der Waals surface area contributed by atoms with Crippen LogP contribution < -0.4 is 5.73 Å². The molecule has 0 atom stereocenters. The molecule has 27 heavy (non-hydrogen) atoms. The topological polar surface area (TPSA) is 46.3 Å². The Morgan fingerprint density at radius 1 is 1.04 bits per heavy atom. The largest absolute Gasteiger partial charge is 0.399 e. The first-order valence-corrected chi connectivity index (χ1v) is 9.78. The number of likely N-dealkylation sites (tertiary alicyclic amines) is 1. The lowest BCUT2D eigenvalue weighted by Crippen LogP contribution is -2.38. The number of amides is 1. The number of nitrogens with zero attached hydrogens (tertiary/aromatic N) is 1. The smallest absolute Gasteiger partial charge is 0.222 e. The third-order valence-corrected chi connectivity index (χ3v) is 5.59. The lowest BCUT2D eigenvalue weighted by Gasteiger charge is -2.32. The second kappa shape index (κ2) is 10.4. The Kier molecular flexibility index (Phi) is 8.18. The first kappa shape index (κ1) is 21.3. The minimum Gasteiger partial charge on any atom is -0.399 e. The number of nitrogen functional groups attached to an aromatic ring is 1. The molecule has 0 spiro atoms. The highest BCUT2D eigenvalue weighted by atomic mass is 35.5. The van der Waals surface area contributed by atoms with Crippen LogP contribution in [0.1, 0.15) is 42.4 Å². The summed E-state index contributed by atoms with van der Waals surface area (Å²) in [6, 6.07) is 16.7. The maximum atomic E-state index is 12.5. The molecule has 3 nitrogen and oxygen atoms in total. The van der Waals surface area contributed by atoms with E-state index in [-0.39, 0.29) is 18.3 Å².